The minimum Gasteiger partial charge on any atom is -0.291 e. The molecule has 0 aromatic heterocycles. The molecule has 16 heavy (non-hydrogen) atoms. The zero-order valence-corrected chi connectivity index (χ0v) is 9.34. The molecule has 0 amide bonds. The highest BCUT2D eigenvalue weighted by atomic mass is 14.8. The van der Waals surface area contributed by atoms with E-state index in [9.17, 15) is 0 Å². The zero-order chi connectivity index (χ0) is 11.6. The van der Waals surface area contributed by atoms with Crippen molar-refractivity contribution in [3.63, 3.8) is 0 Å². The first-order valence-corrected chi connectivity index (χ1v) is 5.18. The minimum atomic E-state index is 0.706. The third kappa shape index (κ3) is 5.70. The van der Waals surface area contributed by atoms with E-state index in [-0.39, 0.29) is 0 Å². The Morgan fingerprint density at radius 1 is 0.750 bits per heavy atom. The summed E-state index contributed by atoms with van der Waals surface area (Å²) < 4.78 is 0. The van der Waals surface area contributed by atoms with Gasteiger partial charge < -0.3 is 0 Å². The fourth-order valence-corrected chi connectivity index (χ4v) is 1.04. The predicted octanol–water partition coefficient (Wildman–Crippen LogP) is 2.92. The monoisotopic (exact) mass is 212 g/mol. The van der Waals surface area contributed by atoms with Crippen molar-refractivity contribution in [3.05, 3.63) is 60.8 Å². The van der Waals surface area contributed by atoms with Gasteiger partial charge in [0.15, 0.2) is 0 Å². The smallest absolute Gasteiger partial charge is 0.0585 e. The van der Waals surface area contributed by atoms with Crippen molar-refractivity contribution < 1.29 is 0 Å². The van der Waals surface area contributed by atoms with E-state index < -0.39 is 0 Å². The van der Waals surface area contributed by atoms with E-state index in [4.69, 9.17) is 0 Å². The second kappa shape index (κ2) is 7.35. The van der Waals surface area contributed by atoms with Crippen LogP contribution in [0.15, 0.2) is 70.7 Å². The quantitative estimate of drug-likeness (QED) is 0.590. The third-order valence-electron chi connectivity index (χ3n) is 1.87. The molecule has 1 aliphatic rings. The highest BCUT2D eigenvalue weighted by Crippen LogP contribution is 2.01. The molecule has 0 fully saturated rings. The van der Waals surface area contributed by atoms with Gasteiger partial charge in [0.25, 0.3) is 0 Å². The standard InChI is InChI=1S/C14H16N2/c1-13-5-3-9-15-11-12-16-10-4-6-14(2)8-7-13/h3-10H,1-2,11-12H2/b5-3-,6-4-,8-7?,15-9?,16-10?. The summed E-state index contributed by atoms with van der Waals surface area (Å²) in [6.45, 7) is 9.20. The number of nitrogens with zero attached hydrogens (tertiary/aromatic N) is 2. The van der Waals surface area contributed by atoms with Crippen molar-refractivity contribution >= 4 is 12.4 Å². The van der Waals surface area contributed by atoms with Gasteiger partial charge in [0, 0.05) is 12.4 Å². The molecule has 0 saturated heterocycles. The molecule has 0 aliphatic carbocycles. The summed E-state index contributed by atoms with van der Waals surface area (Å²) in [5.74, 6) is 0. The Balaban J connectivity index is 2.75. The molecule has 0 spiro atoms. The lowest BCUT2D eigenvalue weighted by Gasteiger charge is -1.92. The highest BCUT2D eigenvalue weighted by molar-refractivity contribution is 5.73. The predicted molar refractivity (Wildman–Crippen MR) is 72.4 cm³/mol. The summed E-state index contributed by atoms with van der Waals surface area (Å²) in [6, 6.07) is 0. The molecule has 0 radical (unpaired) electrons. The van der Waals surface area contributed by atoms with Crippen LogP contribution in [-0.2, 0) is 0 Å². The Kier molecular flexibility index (Phi) is 5.56. The summed E-state index contributed by atoms with van der Waals surface area (Å²) in [5, 5.41) is 0. The Hall–Kier alpha value is -1.96. The van der Waals surface area contributed by atoms with E-state index in [0.29, 0.717) is 13.1 Å². The lowest BCUT2D eigenvalue weighted by atomic mass is 10.2. The molecular weight excluding hydrogens is 196 g/mol. The summed E-state index contributed by atoms with van der Waals surface area (Å²) in [5.41, 5.74) is 1.85. The van der Waals surface area contributed by atoms with Crippen molar-refractivity contribution in [3.8, 4) is 0 Å². The average molecular weight is 212 g/mol. The van der Waals surface area contributed by atoms with Gasteiger partial charge in [-0.1, -0.05) is 37.5 Å². The van der Waals surface area contributed by atoms with Gasteiger partial charge in [-0.3, -0.25) is 9.98 Å². The van der Waals surface area contributed by atoms with Crippen LogP contribution < -0.4 is 0 Å². The van der Waals surface area contributed by atoms with Gasteiger partial charge in [0.05, 0.1) is 13.1 Å². The fraction of sp³-hybridized carbons (Fsp3) is 0.143. The Bertz CT molecular complexity index is 355. The molecule has 0 bridgehead atoms. The topological polar surface area (TPSA) is 24.7 Å². The molecular formula is C14H16N2. The van der Waals surface area contributed by atoms with Gasteiger partial charge in [0.2, 0.25) is 0 Å². The average Bonchev–Trinajstić information content (AvgIpc) is 2.28. The van der Waals surface area contributed by atoms with Crippen LogP contribution in [-0.4, -0.2) is 25.5 Å². The fourth-order valence-electron chi connectivity index (χ4n) is 1.04. The number of rotatable bonds is 0. The molecule has 0 atom stereocenters. The van der Waals surface area contributed by atoms with Crippen LogP contribution in [0.25, 0.3) is 0 Å². The Morgan fingerprint density at radius 3 is 1.62 bits per heavy atom. The SMILES string of the molecule is C=C1C=CC(=C)/C=C\C=NCCN=C/C=C\1. The maximum absolute atomic E-state index is 4.18. The second-order valence-corrected chi connectivity index (χ2v) is 3.31. The lowest BCUT2D eigenvalue weighted by molar-refractivity contribution is 0.986. The maximum Gasteiger partial charge on any atom is 0.0585 e. The van der Waals surface area contributed by atoms with Crippen LogP contribution in [0.4, 0.5) is 0 Å². The van der Waals surface area contributed by atoms with E-state index in [2.05, 4.69) is 23.1 Å². The Morgan fingerprint density at radius 2 is 1.19 bits per heavy atom. The Labute approximate surface area is 96.8 Å². The van der Waals surface area contributed by atoms with Gasteiger partial charge >= 0.3 is 0 Å². The molecule has 2 nitrogen and oxygen atoms in total. The van der Waals surface area contributed by atoms with Gasteiger partial charge in [-0.25, -0.2) is 0 Å². The van der Waals surface area contributed by atoms with Crippen LogP contribution in [0, 0.1) is 0 Å². The summed E-state index contributed by atoms with van der Waals surface area (Å²) in [4.78, 5) is 8.35. The third-order valence-corrected chi connectivity index (χ3v) is 1.87. The molecule has 0 aromatic rings. The van der Waals surface area contributed by atoms with Gasteiger partial charge in [-0.15, -0.1) is 0 Å². The van der Waals surface area contributed by atoms with Crippen molar-refractivity contribution in [2.75, 3.05) is 13.1 Å². The summed E-state index contributed by atoms with van der Waals surface area (Å²) >= 11 is 0. The minimum absolute atomic E-state index is 0.706. The number of allylic oxidation sites excluding steroid dienone is 8. The van der Waals surface area contributed by atoms with E-state index in [1.165, 1.54) is 0 Å². The molecule has 2 heteroatoms. The second-order valence-electron chi connectivity index (χ2n) is 3.31. The largest absolute Gasteiger partial charge is 0.291 e. The number of hydrogen-bond donors (Lipinski definition) is 0. The lowest BCUT2D eigenvalue weighted by Crippen LogP contribution is -1.86. The van der Waals surface area contributed by atoms with Gasteiger partial charge in [-0.05, 0) is 23.3 Å². The first kappa shape index (κ1) is 12.1. The molecule has 1 heterocycles. The first-order chi connectivity index (χ1) is 7.79. The molecule has 0 N–H and O–H groups in total. The van der Waals surface area contributed by atoms with Crippen molar-refractivity contribution in [1.82, 2.24) is 0 Å². The zero-order valence-electron chi connectivity index (χ0n) is 9.34. The molecule has 1 rings (SSSR count). The maximum atomic E-state index is 4.18. The van der Waals surface area contributed by atoms with E-state index in [1.807, 2.05) is 36.5 Å². The molecule has 82 valence electrons. The van der Waals surface area contributed by atoms with E-state index >= 15 is 0 Å². The van der Waals surface area contributed by atoms with Gasteiger partial charge in [0.1, 0.15) is 0 Å². The van der Waals surface area contributed by atoms with Crippen LogP contribution in [0.1, 0.15) is 0 Å². The summed E-state index contributed by atoms with van der Waals surface area (Å²) in [6.07, 6.45) is 14.9. The summed E-state index contributed by atoms with van der Waals surface area (Å²) in [7, 11) is 0. The van der Waals surface area contributed by atoms with Crippen molar-refractivity contribution in [2.24, 2.45) is 9.98 Å². The first-order valence-electron chi connectivity index (χ1n) is 5.18. The van der Waals surface area contributed by atoms with E-state index in [0.717, 1.165) is 11.1 Å². The van der Waals surface area contributed by atoms with Crippen LogP contribution in [0.3, 0.4) is 0 Å². The molecule has 0 unspecified atom stereocenters. The molecule has 0 saturated carbocycles. The van der Waals surface area contributed by atoms with Crippen LogP contribution >= 0.6 is 0 Å². The van der Waals surface area contributed by atoms with E-state index in [1.54, 1.807) is 12.4 Å². The van der Waals surface area contributed by atoms with Crippen LogP contribution in [0.5, 0.6) is 0 Å². The van der Waals surface area contributed by atoms with Gasteiger partial charge in [-0.2, -0.15) is 0 Å². The number of hydrogen-bond acceptors (Lipinski definition) is 2. The van der Waals surface area contributed by atoms with Crippen LogP contribution in [0.2, 0.25) is 0 Å². The molecule has 0 aromatic carbocycles. The normalized spacial score (nSPS) is 21.8. The number of aliphatic imine (C=N–C) groups is 2. The highest BCUT2D eigenvalue weighted by Gasteiger charge is 1.83. The molecule has 1 aliphatic heterocycles. The van der Waals surface area contributed by atoms with Crippen molar-refractivity contribution in [2.45, 2.75) is 0 Å². The van der Waals surface area contributed by atoms with Crippen molar-refractivity contribution in [1.29, 1.82) is 0 Å².